The number of carbonyl (C=O) groups is 1. The number of aryl methyl sites for hydroxylation is 1. The molecule has 0 fully saturated rings. The van der Waals surface area contributed by atoms with Gasteiger partial charge < -0.3 is 5.11 Å². The van der Waals surface area contributed by atoms with Crippen LogP contribution in [0.5, 0.6) is 0 Å². The lowest BCUT2D eigenvalue weighted by Crippen LogP contribution is -2.19. The second kappa shape index (κ2) is 5.89. The topological polar surface area (TPSA) is 55.1 Å². The third-order valence-corrected chi connectivity index (χ3v) is 3.18. The summed E-state index contributed by atoms with van der Waals surface area (Å²) in [5.74, 6) is -1.31. The summed E-state index contributed by atoms with van der Waals surface area (Å²) >= 11 is 5.91. The first-order valence-corrected chi connectivity index (χ1v) is 6.38. The first-order valence-electron chi connectivity index (χ1n) is 6.00. The second-order valence-corrected chi connectivity index (χ2v) is 4.99. The predicted molar refractivity (Wildman–Crippen MR) is 73.2 cm³/mol. The van der Waals surface area contributed by atoms with E-state index in [-0.39, 0.29) is 0 Å². The van der Waals surface area contributed by atoms with Gasteiger partial charge in [-0.25, -0.2) is 0 Å². The lowest BCUT2D eigenvalue weighted by atomic mass is 9.95. The van der Waals surface area contributed by atoms with E-state index in [0.29, 0.717) is 17.9 Å². The van der Waals surface area contributed by atoms with Crippen molar-refractivity contribution < 1.29 is 9.90 Å². The lowest BCUT2D eigenvalue weighted by molar-refractivity contribution is -0.141. The second-order valence-electron chi connectivity index (χ2n) is 4.55. The van der Waals surface area contributed by atoms with Crippen LogP contribution < -0.4 is 0 Å². The number of aromatic nitrogens is 2. The molecule has 1 heterocycles. The van der Waals surface area contributed by atoms with E-state index in [1.165, 1.54) is 0 Å². The monoisotopic (exact) mass is 278 g/mol. The summed E-state index contributed by atoms with van der Waals surface area (Å²) in [4.78, 5) is 11.3. The molecular formula is C14H15ClN2O2. The van der Waals surface area contributed by atoms with E-state index in [0.717, 1.165) is 11.3 Å². The highest BCUT2D eigenvalue weighted by atomic mass is 35.5. The molecule has 2 aromatic rings. The third-order valence-electron chi connectivity index (χ3n) is 2.94. The number of carboxylic acid groups (broad SMARTS) is 1. The predicted octanol–water partition coefficient (Wildman–Crippen LogP) is 2.56. The summed E-state index contributed by atoms with van der Waals surface area (Å²) in [7, 11) is 1.82. The highest BCUT2D eigenvalue weighted by molar-refractivity contribution is 6.30. The van der Waals surface area contributed by atoms with Crippen LogP contribution in [0.15, 0.2) is 36.5 Å². The first-order chi connectivity index (χ1) is 9.04. The van der Waals surface area contributed by atoms with Crippen LogP contribution in [0.25, 0.3) is 0 Å². The molecule has 0 aliphatic rings. The van der Waals surface area contributed by atoms with Gasteiger partial charge in [-0.2, -0.15) is 5.10 Å². The summed E-state index contributed by atoms with van der Waals surface area (Å²) in [6, 6.07) is 9.14. The van der Waals surface area contributed by atoms with Gasteiger partial charge in [-0.15, -0.1) is 0 Å². The summed E-state index contributed by atoms with van der Waals surface area (Å²) in [5, 5.41) is 14.1. The molecule has 1 unspecified atom stereocenters. The van der Waals surface area contributed by atoms with Crippen molar-refractivity contribution in [3.8, 4) is 0 Å². The number of hydrogen-bond donors (Lipinski definition) is 1. The van der Waals surface area contributed by atoms with Crippen molar-refractivity contribution in [3.05, 3.63) is 52.8 Å². The molecule has 0 spiro atoms. The molecule has 0 radical (unpaired) electrons. The normalized spacial score (nSPS) is 12.3. The maximum atomic E-state index is 11.3. The Morgan fingerprint density at radius 1 is 1.42 bits per heavy atom. The zero-order valence-electron chi connectivity index (χ0n) is 10.6. The SMILES string of the molecule is Cn1ccc(CC(Cc2cccc(Cl)c2)C(=O)O)n1. The number of carboxylic acids is 1. The Morgan fingerprint density at radius 3 is 2.79 bits per heavy atom. The molecule has 1 atom stereocenters. The number of hydrogen-bond acceptors (Lipinski definition) is 2. The lowest BCUT2D eigenvalue weighted by Gasteiger charge is -2.11. The quantitative estimate of drug-likeness (QED) is 0.914. The molecule has 0 amide bonds. The minimum absolute atomic E-state index is 0.419. The van der Waals surface area contributed by atoms with Gasteiger partial charge in [0, 0.05) is 24.7 Å². The van der Waals surface area contributed by atoms with Crippen molar-refractivity contribution in [2.24, 2.45) is 13.0 Å². The Kier molecular flexibility index (Phi) is 4.22. The van der Waals surface area contributed by atoms with Crippen molar-refractivity contribution in [3.63, 3.8) is 0 Å². The smallest absolute Gasteiger partial charge is 0.307 e. The van der Waals surface area contributed by atoms with E-state index < -0.39 is 11.9 Å². The van der Waals surface area contributed by atoms with E-state index in [4.69, 9.17) is 11.6 Å². The molecule has 0 bridgehead atoms. The van der Waals surface area contributed by atoms with Gasteiger partial charge in [-0.1, -0.05) is 23.7 Å². The largest absolute Gasteiger partial charge is 0.481 e. The number of aliphatic carboxylic acids is 1. The highest BCUT2D eigenvalue weighted by Gasteiger charge is 2.19. The minimum Gasteiger partial charge on any atom is -0.481 e. The van der Waals surface area contributed by atoms with Crippen LogP contribution >= 0.6 is 11.6 Å². The molecule has 1 aromatic carbocycles. The standard InChI is InChI=1S/C14H15ClN2O2/c1-17-6-5-13(16-17)9-11(14(18)19)7-10-3-2-4-12(15)8-10/h2-6,8,11H,7,9H2,1H3,(H,18,19). The Hall–Kier alpha value is -1.81. The van der Waals surface area contributed by atoms with Crippen LogP contribution in [-0.2, 0) is 24.7 Å². The zero-order chi connectivity index (χ0) is 13.8. The van der Waals surface area contributed by atoms with Gasteiger partial charge >= 0.3 is 5.97 Å². The fraction of sp³-hybridized carbons (Fsp3) is 0.286. The number of halogens is 1. The molecule has 100 valence electrons. The molecule has 4 nitrogen and oxygen atoms in total. The average Bonchev–Trinajstić information content (AvgIpc) is 2.74. The van der Waals surface area contributed by atoms with Gasteiger partial charge in [0.1, 0.15) is 0 Å². The van der Waals surface area contributed by atoms with Crippen molar-refractivity contribution in [2.75, 3.05) is 0 Å². The molecule has 19 heavy (non-hydrogen) atoms. The first kappa shape index (κ1) is 13.6. The van der Waals surface area contributed by atoms with Crippen LogP contribution in [0.3, 0.4) is 0 Å². The van der Waals surface area contributed by atoms with Gasteiger partial charge in [0.25, 0.3) is 0 Å². The molecule has 0 saturated carbocycles. The van der Waals surface area contributed by atoms with Gasteiger partial charge in [0.05, 0.1) is 11.6 Å². The van der Waals surface area contributed by atoms with Crippen molar-refractivity contribution in [1.82, 2.24) is 9.78 Å². The number of nitrogens with zero attached hydrogens (tertiary/aromatic N) is 2. The van der Waals surface area contributed by atoms with E-state index in [2.05, 4.69) is 5.10 Å². The minimum atomic E-state index is -0.814. The Balaban J connectivity index is 2.10. The van der Waals surface area contributed by atoms with E-state index in [1.54, 1.807) is 16.8 Å². The van der Waals surface area contributed by atoms with E-state index >= 15 is 0 Å². The van der Waals surface area contributed by atoms with Gasteiger partial charge in [0.15, 0.2) is 0 Å². The fourth-order valence-electron chi connectivity index (χ4n) is 2.02. The molecule has 5 heteroatoms. The molecule has 0 aliphatic carbocycles. The van der Waals surface area contributed by atoms with Crippen molar-refractivity contribution in [2.45, 2.75) is 12.8 Å². The molecule has 1 N–H and O–H groups in total. The molecule has 0 saturated heterocycles. The van der Waals surface area contributed by atoms with Crippen LogP contribution in [-0.4, -0.2) is 20.9 Å². The van der Waals surface area contributed by atoms with Crippen LogP contribution in [0, 0.1) is 5.92 Å². The summed E-state index contributed by atoms with van der Waals surface area (Å²) in [6.07, 6.45) is 2.68. The summed E-state index contributed by atoms with van der Waals surface area (Å²) < 4.78 is 1.67. The molecule has 0 aliphatic heterocycles. The highest BCUT2D eigenvalue weighted by Crippen LogP contribution is 2.17. The molecule has 2 rings (SSSR count). The number of benzene rings is 1. The maximum Gasteiger partial charge on any atom is 0.307 e. The van der Waals surface area contributed by atoms with Crippen LogP contribution in [0.2, 0.25) is 5.02 Å². The Bertz CT molecular complexity index is 580. The molecule has 1 aromatic heterocycles. The Labute approximate surface area is 116 Å². The van der Waals surface area contributed by atoms with Gasteiger partial charge in [0.2, 0.25) is 0 Å². The van der Waals surface area contributed by atoms with Crippen LogP contribution in [0.4, 0.5) is 0 Å². The maximum absolute atomic E-state index is 11.3. The number of rotatable bonds is 5. The van der Waals surface area contributed by atoms with Gasteiger partial charge in [-0.3, -0.25) is 9.48 Å². The fourth-order valence-corrected chi connectivity index (χ4v) is 2.23. The van der Waals surface area contributed by atoms with Crippen molar-refractivity contribution >= 4 is 17.6 Å². The van der Waals surface area contributed by atoms with E-state index in [9.17, 15) is 9.90 Å². The van der Waals surface area contributed by atoms with Crippen LogP contribution in [0.1, 0.15) is 11.3 Å². The van der Waals surface area contributed by atoms with E-state index in [1.807, 2.05) is 31.4 Å². The third kappa shape index (κ3) is 3.83. The summed E-state index contributed by atoms with van der Waals surface area (Å²) in [6.45, 7) is 0. The summed E-state index contributed by atoms with van der Waals surface area (Å²) in [5.41, 5.74) is 1.72. The zero-order valence-corrected chi connectivity index (χ0v) is 11.3. The molecular weight excluding hydrogens is 264 g/mol. The van der Waals surface area contributed by atoms with Crippen molar-refractivity contribution in [1.29, 1.82) is 0 Å². The van der Waals surface area contributed by atoms with Gasteiger partial charge in [-0.05, 0) is 30.2 Å². The average molecular weight is 279 g/mol. The Morgan fingerprint density at radius 2 is 2.21 bits per heavy atom.